The van der Waals surface area contributed by atoms with E-state index in [4.69, 9.17) is 16.3 Å². The van der Waals surface area contributed by atoms with Gasteiger partial charge in [-0.15, -0.1) is 0 Å². The van der Waals surface area contributed by atoms with Gasteiger partial charge in [-0.25, -0.2) is 0 Å². The van der Waals surface area contributed by atoms with Crippen molar-refractivity contribution in [3.05, 3.63) is 69.2 Å². The topological polar surface area (TPSA) is 38.3 Å². The van der Waals surface area contributed by atoms with Crippen LogP contribution in [0.25, 0.3) is 0 Å². The lowest BCUT2D eigenvalue weighted by Gasteiger charge is -2.37. The summed E-state index contributed by atoms with van der Waals surface area (Å²) in [5.41, 5.74) is 1.41. The Morgan fingerprint density at radius 3 is 2.48 bits per heavy atom. The molecule has 1 aliphatic rings. The van der Waals surface area contributed by atoms with Crippen LogP contribution >= 0.6 is 27.5 Å². The number of amides is 1. The van der Waals surface area contributed by atoms with Crippen molar-refractivity contribution in [1.82, 2.24) is 5.32 Å². The van der Waals surface area contributed by atoms with E-state index in [-0.39, 0.29) is 11.3 Å². The molecule has 0 spiro atoms. The van der Waals surface area contributed by atoms with E-state index in [0.29, 0.717) is 37.6 Å². The summed E-state index contributed by atoms with van der Waals surface area (Å²) < 4.78 is 6.55. The van der Waals surface area contributed by atoms with Crippen molar-refractivity contribution in [2.45, 2.75) is 37.5 Å². The van der Waals surface area contributed by atoms with Crippen molar-refractivity contribution < 1.29 is 9.53 Å². The van der Waals surface area contributed by atoms with Crippen LogP contribution in [-0.4, -0.2) is 25.7 Å². The van der Waals surface area contributed by atoms with Crippen molar-refractivity contribution >= 4 is 33.4 Å². The molecule has 2 aromatic carbocycles. The molecule has 0 atom stereocenters. The maximum absolute atomic E-state index is 13.3. The minimum Gasteiger partial charge on any atom is -0.381 e. The second-order valence-electron chi connectivity index (χ2n) is 7.78. The number of halogens is 2. The zero-order valence-corrected chi connectivity index (χ0v) is 18.1. The normalized spacial score (nSPS) is 16.7. The Morgan fingerprint density at radius 2 is 1.85 bits per heavy atom. The lowest BCUT2D eigenvalue weighted by Crippen LogP contribution is -2.50. The summed E-state index contributed by atoms with van der Waals surface area (Å²) in [6.07, 6.45) is 1.39. The summed E-state index contributed by atoms with van der Waals surface area (Å²) >= 11 is 9.62. The fraction of sp³-hybridized carbons (Fsp3) is 0.409. The van der Waals surface area contributed by atoms with Gasteiger partial charge in [-0.1, -0.05) is 65.6 Å². The molecule has 1 N–H and O–H groups in total. The predicted octanol–water partition coefficient (Wildman–Crippen LogP) is 5.24. The predicted molar refractivity (Wildman–Crippen MR) is 113 cm³/mol. The number of carbonyl (C=O) groups is 1. The van der Waals surface area contributed by atoms with Gasteiger partial charge >= 0.3 is 0 Å². The smallest absolute Gasteiger partial charge is 0.230 e. The average Bonchev–Trinajstić information content (AvgIpc) is 2.67. The van der Waals surface area contributed by atoms with Crippen LogP contribution in [0.2, 0.25) is 5.02 Å². The summed E-state index contributed by atoms with van der Waals surface area (Å²) in [6, 6.07) is 15.9. The van der Waals surface area contributed by atoms with Crippen LogP contribution in [0.1, 0.15) is 37.8 Å². The third-order valence-electron chi connectivity index (χ3n) is 5.47. The molecule has 1 amide bonds. The number of hydrogen-bond donors (Lipinski definition) is 1. The Hall–Kier alpha value is -1.36. The number of nitrogens with one attached hydrogen (secondary N) is 1. The van der Waals surface area contributed by atoms with Crippen molar-refractivity contribution in [3.63, 3.8) is 0 Å². The third-order valence-corrected chi connectivity index (χ3v) is 6.24. The van der Waals surface area contributed by atoms with E-state index in [1.54, 1.807) is 0 Å². The molecular formula is C22H25BrClNO2. The van der Waals surface area contributed by atoms with Crippen molar-refractivity contribution in [2.75, 3.05) is 19.8 Å². The highest BCUT2D eigenvalue weighted by atomic mass is 79.9. The molecule has 0 aliphatic carbocycles. The monoisotopic (exact) mass is 449 g/mol. The van der Waals surface area contributed by atoms with E-state index in [2.05, 4.69) is 41.2 Å². The van der Waals surface area contributed by atoms with Crippen LogP contribution in [0.15, 0.2) is 53.0 Å². The zero-order valence-electron chi connectivity index (χ0n) is 15.7. The fourth-order valence-corrected chi connectivity index (χ4v) is 4.07. The molecule has 5 heteroatoms. The van der Waals surface area contributed by atoms with Gasteiger partial charge in [0.05, 0.1) is 5.41 Å². The average molecular weight is 451 g/mol. The lowest BCUT2D eigenvalue weighted by molar-refractivity contribution is -0.130. The van der Waals surface area contributed by atoms with Crippen LogP contribution in [0.3, 0.4) is 0 Å². The Bertz CT molecular complexity index is 798. The summed E-state index contributed by atoms with van der Waals surface area (Å²) in [4.78, 5) is 13.3. The molecule has 27 heavy (non-hydrogen) atoms. The summed E-state index contributed by atoms with van der Waals surface area (Å²) in [5.74, 6) is 0.0724. The molecule has 1 saturated heterocycles. The number of hydrogen-bond acceptors (Lipinski definition) is 2. The van der Waals surface area contributed by atoms with E-state index in [1.807, 2.05) is 42.5 Å². The molecule has 1 aliphatic heterocycles. The van der Waals surface area contributed by atoms with Gasteiger partial charge < -0.3 is 10.1 Å². The highest BCUT2D eigenvalue weighted by Crippen LogP contribution is 2.36. The van der Waals surface area contributed by atoms with Crippen LogP contribution in [-0.2, 0) is 20.4 Å². The van der Waals surface area contributed by atoms with Gasteiger partial charge in [-0.2, -0.15) is 0 Å². The van der Waals surface area contributed by atoms with E-state index in [0.717, 1.165) is 15.6 Å². The fourth-order valence-electron chi connectivity index (χ4n) is 3.62. The molecular weight excluding hydrogens is 426 g/mol. The van der Waals surface area contributed by atoms with Gasteiger partial charge in [0, 0.05) is 34.7 Å². The summed E-state index contributed by atoms with van der Waals surface area (Å²) in [5, 5.41) is 3.93. The minimum absolute atomic E-state index is 0.0724. The van der Waals surface area contributed by atoms with Crippen LogP contribution in [0.5, 0.6) is 0 Å². The van der Waals surface area contributed by atoms with Gasteiger partial charge in [-0.3, -0.25) is 4.79 Å². The first-order valence-electron chi connectivity index (χ1n) is 9.22. The standard InChI is InChI=1S/C22H25BrClNO2/c1-21(2,17-4-3-5-19(24)14-17)15-25-20(26)22(10-12-27-13-11-22)16-6-8-18(23)9-7-16/h3-9,14H,10-13,15H2,1-2H3,(H,25,26). The maximum atomic E-state index is 13.3. The quantitative estimate of drug-likeness (QED) is 0.676. The molecule has 3 rings (SSSR count). The van der Waals surface area contributed by atoms with E-state index < -0.39 is 5.41 Å². The molecule has 0 aromatic heterocycles. The first kappa shape index (κ1) is 20.4. The van der Waals surface area contributed by atoms with Crippen molar-refractivity contribution in [3.8, 4) is 0 Å². The highest BCUT2D eigenvalue weighted by molar-refractivity contribution is 9.10. The molecule has 2 aromatic rings. The zero-order chi connectivity index (χ0) is 19.5. The van der Waals surface area contributed by atoms with Gasteiger partial charge in [-0.05, 0) is 48.2 Å². The number of carbonyl (C=O) groups excluding carboxylic acids is 1. The van der Waals surface area contributed by atoms with E-state index in [1.165, 1.54) is 0 Å². The Balaban J connectivity index is 1.80. The molecule has 1 heterocycles. The Labute approximate surface area is 174 Å². The molecule has 0 saturated carbocycles. The first-order chi connectivity index (χ1) is 12.8. The lowest BCUT2D eigenvalue weighted by atomic mass is 9.73. The van der Waals surface area contributed by atoms with E-state index >= 15 is 0 Å². The number of ether oxygens (including phenoxy) is 1. The largest absolute Gasteiger partial charge is 0.381 e. The summed E-state index contributed by atoms with van der Waals surface area (Å²) in [6.45, 7) is 5.98. The Morgan fingerprint density at radius 1 is 1.19 bits per heavy atom. The van der Waals surface area contributed by atoms with Gasteiger partial charge in [0.1, 0.15) is 0 Å². The van der Waals surface area contributed by atoms with Crippen LogP contribution in [0, 0.1) is 0 Å². The van der Waals surface area contributed by atoms with Gasteiger partial charge in [0.2, 0.25) is 5.91 Å². The summed E-state index contributed by atoms with van der Waals surface area (Å²) in [7, 11) is 0. The molecule has 144 valence electrons. The van der Waals surface area contributed by atoms with Crippen molar-refractivity contribution in [2.24, 2.45) is 0 Å². The van der Waals surface area contributed by atoms with Gasteiger partial charge in [0.25, 0.3) is 0 Å². The molecule has 1 fully saturated rings. The minimum atomic E-state index is -0.538. The highest BCUT2D eigenvalue weighted by Gasteiger charge is 2.42. The molecule has 0 radical (unpaired) electrons. The van der Waals surface area contributed by atoms with E-state index in [9.17, 15) is 4.79 Å². The number of benzene rings is 2. The molecule has 3 nitrogen and oxygen atoms in total. The second-order valence-corrected chi connectivity index (χ2v) is 9.13. The van der Waals surface area contributed by atoms with Crippen molar-refractivity contribution in [1.29, 1.82) is 0 Å². The number of rotatable bonds is 5. The Kier molecular flexibility index (Phi) is 6.29. The van der Waals surface area contributed by atoms with Crippen LogP contribution in [0.4, 0.5) is 0 Å². The second kappa shape index (κ2) is 8.34. The first-order valence-corrected chi connectivity index (χ1v) is 10.4. The van der Waals surface area contributed by atoms with Crippen LogP contribution < -0.4 is 5.32 Å². The molecule has 0 bridgehead atoms. The maximum Gasteiger partial charge on any atom is 0.230 e. The van der Waals surface area contributed by atoms with Gasteiger partial charge in [0.15, 0.2) is 0 Å². The third kappa shape index (κ3) is 4.56. The SMILES string of the molecule is CC(C)(CNC(=O)C1(c2ccc(Br)cc2)CCOCC1)c1cccc(Cl)c1. The molecule has 0 unspecified atom stereocenters.